The third-order valence-electron chi connectivity index (χ3n) is 4.85. The summed E-state index contributed by atoms with van der Waals surface area (Å²) in [5, 5.41) is 5.56. The number of thiazole rings is 1. The Balaban J connectivity index is 1.29. The molecular weight excluding hydrogens is 384 g/mol. The largest absolute Gasteiger partial charge is 0.489 e. The topological polar surface area (TPSA) is 67.4 Å². The Kier molecular flexibility index (Phi) is 6.49. The number of nitrogens with one attached hydrogen (secondary N) is 1. The van der Waals surface area contributed by atoms with Crippen molar-refractivity contribution in [1.29, 1.82) is 0 Å². The van der Waals surface area contributed by atoms with Gasteiger partial charge in [-0.15, -0.1) is 11.3 Å². The van der Waals surface area contributed by atoms with Crippen LogP contribution in [-0.2, 0) is 13.2 Å². The van der Waals surface area contributed by atoms with E-state index in [0.717, 1.165) is 30.9 Å². The monoisotopic (exact) mass is 408 g/mol. The van der Waals surface area contributed by atoms with Crippen molar-refractivity contribution in [3.8, 4) is 5.75 Å². The van der Waals surface area contributed by atoms with Crippen molar-refractivity contribution in [2.45, 2.75) is 32.4 Å². The zero-order valence-electron chi connectivity index (χ0n) is 16.2. The number of benzene rings is 1. The van der Waals surface area contributed by atoms with Gasteiger partial charge in [0.25, 0.3) is 5.91 Å². The Bertz CT molecular complexity index is 922. The van der Waals surface area contributed by atoms with Gasteiger partial charge in [0.1, 0.15) is 12.4 Å². The normalized spacial score (nSPS) is 14.5. The summed E-state index contributed by atoms with van der Waals surface area (Å²) in [6, 6.07) is 11.0. The predicted octanol–water partition coefficient (Wildman–Crippen LogP) is 4.36. The highest BCUT2D eigenvalue weighted by Crippen LogP contribution is 2.20. The highest BCUT2D eigenvalue weighted by Gasteiger charge is 2.14. The van der Waals surface area contributed by atoms with Crippen molar-refractivity contribution >= 4 is 22.4 Å². The minimum absolute atomic E-state index is 0.164. The van der Waals surface area contributed by atoms with E-state index in [-0.39, 0.29) is 5.91 Å². The van der Waals surface area contributed by atoms with E-state index in [1.165, 1.54) is 30.6 Å². The molecule has 0 saturated carbocycles. The average molecular weight is 409 g/mol. The number of piperidine rings is 1. The summed E-state index contributed by atoms with van der Waals surface area (Å²) < 4.78 is 5.73. The highest BCUT2D eigenvalue weighted by atomic mass is 32.1. The van der Waals surface area contributed by atoms with Crippen LogP contribution in [0, 0.1) is 0 Å². The summed E-state index contributed by atoms with van der Waals surface area (Å²) in [6.45, 7) is 3.57. The van der Waals surface area contributed by atoms with Crippen LogP contribution in [0.15, 0.2) is 54.2 Å². The van der Waals surface area contributed by atoms with Gasteiger partial charge in [-0.05, 0) is 56.3 Å². The highest BCUT2D eigenvalue weighted by molar-refractivity contribution is 7.13. The first kappa shape index (κ1) is 19.5. The minimum atomic E-state index is -0.164. The van der Waals surface area contributed by atoms with E-state index >= 15 is 0 Å². The molecule has 1 aliphatic heterocycles. The quantitative estimate of drug-likeness (QED) is 0.629. The molecule has 1 amide bonds. The fraction of sp³-hybridized carbons (Fsp3) is 0.318. The van der Waals surface area contributed by atoms with Crippen LogP contribution in [0.5, 0.6) is 5.75 Å². The fourth-order valence-corrected chi connectivity index (χ4v) is 4.00. The lowest BCUT2D eigenvalue weighted by molar-refractivity contribution is 0.102. The number of hydrogen-bond acceptors (Lipinski definition) is 6. The standard InChI is InChI=1S/C22H24N4O2S/c27-21(25-22-24-19(16-29-22)14-26-11-2-1-3-12-26)18-6-8-20(9-7-18)28-15-17-5-4-10-23-13-17/h4-10,13,16H,1-3,11-12,14-15H2,(H,24,25,27). The van der Waals surface area contributed by atoms with E-state index in [0.29, 0.717) is 23.1 Å². The maximum absolute atomic E-state index is 12.5. The van der Waals surface area contributed by atoms with Crippen LogP contribution in [0.2, 0.25) is 0 Å². The number of carbonyl (C=O) groups is 1. The zero-order valence-corrected chi connectivity index (χ0v) is 17.0. The maximum Gasteiger partial charge on any atom is 0.257 e. The molecule has 3 aromatic rings. The van der Waals surface area contributed by atoms with Crippen LogP contribution in [0.4, 0.5) is 5.13 Å². The molecule has 1 aromatic carbocycles. The van der Waals surface area contributed by atoms with E-state index in [2.05, 4.69) is 20.2 Å². The fourth-order valence-electron chi connectivity index (χ4n) is 3.31. The average Bonchev–Trinajstić information content (AvgIpc) is 3.20. The van der Waals surface area contributed by atoms with Gasteiger partial charge in [-0.3, -0.25) is 20.0 Å². The molecule has 0 spiro atoms. The smallest absolute Gasteiger partial charge is 0.257 e. The van der Waals surface area contributed by atoms with Crippen molar-refractivity contribution in [1.82, 2.24) is 14.9 Å². The van der Waals surface area contributed by atoms with Gasteiger partial charge in [0.15, 0.2) is 5.13 Å². The second-order valence-corrected chi connectivity index (χ2v) is 7.97. The van der Waals surface area contributed by atoms with Gasteiger partial charge in [0, 0.05) is 35.4 Å². The number of nitrogens with zero attached hydrogens (tertiary/aromatic N) is 3. The van der Waals surface area contributed by atoms with E-state index in [1.807, 2.05) is 17.5 Å². The summed E-state index contributed by atoms with van der Waals surface area (Å²) in [7, 11) is 0. The Hall–Kier alpha value is -2.77. The Labute approximate surface area is 174 Å². The van der Waals surface area contributed by atoms with Crippen LogP contribution >= 0.6 is 11.3 Å². The van der Waals surface area contributed by atoms with Crippen molar-refractivity contribution < 1.29 is 9.53 Å². The number of carbonyl (C=O) groups excluding carboxylic acids is 1. The molecule has 1 aliphatic rings. The van der Waals surface area contributed by atoms with Gasteiger partial charge in [-0.1, -0.05) is 12.5 Å². The molecule has 2 aromatic heterocycles. The summed E-state index contributed by atoms with van der Waals surface area (Å²) in [6.07, 6.45) is 7.35. The molecule has 3 heterocycles. The number of amides is 1. The van der Waals surface area contributed by atoms with Crippen LogP contribution in [-0.4, -0.2) is 33.9 Å². The maximum atomic E-state index is 12.5. The zero-order chi connectivity index (χ0) is 19.9. The molecule has 1 N–H and O–H groups in total. The lowest BCUT2D eigenvalue weighted by atomic mass is 10.1. The first-order valence-electron chi connectivity index (χ1n) is 9.86. The molecule has 1 saturated heterocycles. The molecule has 0 radical (unpaired) electrons. The minimum Gasteiger partial charge on any atom is -0.489 e. The van der Waals surface area contributed by atoms with Crippen molar-refractivity contribution in [2.24, 2.45) is 0 Å². The summed E-state index contributed by atoms with van der Waals surface area (Å²) >= 11 is 1.47. The molecule has 0 unspecified atom stereocenters. The van der Waals surface area contributed by atoms with Crippen molar-refractivity contribution in [2.75, 3.05) is 18.4 Å². The van der Waals surface area contributed by atoms with Gasteiger partial charge >= 0.3 is 0 Å². The number of likely N-dealkylation sites (tertiary alicyclic amines) is 1. The number of anilines is 1. The molecule has 0 atom stereocenters. The predicted molar refractivity (Wildman–Crippen MR) is 114 cm³/mol. The molecular formula is C22H24N4O2S. The molecule has 0 aliphatic carbocycles. The number of rotatable bonds is 7. The number of hydrogen-bond donors (Lipinski definition) is 1. The van der Waals surface area contributed by atoms with Gasteiger partial charge < -0.3 is 4.74 Å². The third kappa shape index (κ3) is 5.62. The number of aromatic nitrogens is 2. The second-order valence-electron chi connectivity index (χ2n) is 7.11. The van der Waals surface area contributed by atoms with E-state index < -0.39 is 0 Å². The lowest BCUT2D eigenvalue weighted by Crippen LogP contribution is -2.29. The van der Waals surface area contributed by atoms with Crippen LogP contribution in [0.1, 0.15) is 40.9 Å². The first-order valence-corrected chi connectivity index (χ1v) is 10.7. The first-order chi connectivity index (χ1) is 14.3. The van der Waals surface area contributed by atoms with Gasteiger partial charge in [-0.25, -0.2) is 4.98 Å². The summed E-state index contributed by atoms with van der Waals surface area (Å²) in [5.74, 6) is 0.547. The van der Waals surface area contributed by atoms with Gasteiger partial charge in [0.05, 0.1) is 5.69 Å². The van der Waals surface area contributed by atoms with Gasteiger partial charge in [0.2, 0.25) is 0 Å². The number of ether oxygens (including phenoxy) is 1. The molecule has 6 nitrogen and oxygen atoms in total. The SMILES string of the molecule is O=C(Nc1nc(CN2CCCCC2)cs1)c1ccc(OCc2cccnc2)cc1. The molecule has 1 fully saturated rings. The van der Waals surface area contributed by atoms with Crippen LogP contribution < -0.4 is 10.1 Å². The number of pyridine rings is 1. The Morgan fingerprint density at radius 2 is 1.97 bits per heavy atom. The Morgan fingerprint density at radius 1 is 1.14 bits per heavy atom. The molecule has 7 heteroatoms. The third-order valence-corrected chi connectivity index (χ3v) is 5.66. The van der Waals surface area contributed by atoms with E-state index in [1.54, 1.807) is 36.7 Å². The lowest BCUT2D eigenvalue weighted by Gasteiger charge is -2.25. The van der Waals surface area contributed by atoms with Crippen molar-refractivity contribution in [3.05, 3.63) is 71.0 Å². The molecule has 150 valence electrons. The Morgan fingerprint density at radius 3 is 2.72 bits per heavy atom. The van der Waals surface area contributed by atoms with Crippen molar-refractivity contribution in [3.63, 3.8) is 0 Å². The van der Waals surface area contributed by atoms with Gasteiger partial charge in [-0.2, -0.15) is 0 Å². The summed E-state index contributed by atoms with van der Waals surface area (Å²) in [5.41, 5.74) is 2.59. The molecule has 0 bridgehead atoms. The van der Waals surface area contributed by atoms with Crippen LogP contribution in [0.25, 0.3) is 0 Å². The van der Waals surface area contributed by atoms with E-state index in [9.17, 15) is 4.79 Å². The van der Waals surface area contributed by atoms with Crippen LogP contribution in [0.3, 0.4) is 0 Å². The summed E-state index contributed by atoms with van der Waals surface area (Å²) in [4.78, 5) is 23.6. The molecule has 29 heavy (non-hydrogen) atoms. The van der Waals surface area contributed by atoms with E-state index in [4.69, 9.17) is 4.74 Å². The second kappa shape index (κ2) is 9.62. The molecule has 4 rings (SSSR count).